The molecule has 0 amide bonds. The molecular weight excluding hydrogens is 116 g/mol. The van der Waals surface area contributed by atoms with Gasteiger partial charge in [-0.2, -0.15) is 0 Å². The van der Waals surface area contributed by atoms with Gasteiger partial charge in [0.1, 0.15) is 11.3 Å². The van der Waals surface area contributed by atoms with E-state index in [1.165, 1.54) is 0 Å². The number of esters is 1. The molecule has 0 radical (unpaired) electrons. The molecule has 1 aliphatic heterocycles. The maximum atomic E-state index is 10.5. The predicted octanol–water partition coefficient (Wildman–Crippen LogP) is 1.22. The van der Waals surface area contributed by atoms with Gasteiger partial charge in [0.15, 0.2) is 0 Å². The summed E-state index contributed by atoms with van der Waals surface area (Å²) in [7, 11) is 0. The van der Waals surface area contributed by atoms with E-state index in [-0.39, 0.29) is 5.97 Å². The van der Waals surface area contributed by atoms with E-state index < -0.39 is 0 Å². The minimum absolute atomic E-state index is 0.217. The van der Waals surface area contributed by atoms with Crippen LogP contribution in [-0.2, 0) is 0 Å². The van der Waals surface area contributed by atoms with E-state index in [2.05, 4.69) is 4.74 Å². The third-order valence-corrected chi connectivity index (χ3v) is 1.31. The van der Waals surface area contributed by atoms with Crippen molar-refractivity contribution in [2.24, 2.45) is 0 Å². The molecule has 2 rings (SSSR count). The number of fused-ring (bicyclic) bond motifs is 1. The predicted molar refractivity (Wildman–Crippen MR) is 31.4 cm³/mol. The second-order valence-corrected chi connectivity index (χ2v) is 1.89. The molecule has 1 aromatic carbocycles. The standard InChI is InChI=1S/C7H4O2/c8-7-5-3-1-2-4-6(5)9-7/h1-4H. The number of rotatable bonds is 0. The van der Waals surface area contributed by atoms with E-state index in [1.54, 1.807) is 12.1 Å². The molecule has 0 saturated carbocycles. The van der Waals surface area contributed by atoms with Gasteiger partial charge in [0.05, 0.1) is 0 Å². The Bertz CT molecular complexity index is 265. The smallest absolute Gasteiger partial charge is 0.347 e. The molecule has 2 nitrogen and oxygen atoms in total. The number of benzene rings is 1. The summed E-state index contributed by atoms with van der Waals surface area (Å²) in [6, 6.07) is 7.18. The minimum Gasteiger partial charge on any atom is -0.422 e. The molecular formula is C7H4O2. The lowest BCUT2D eigenvalue weighted by molar-refractivity contribution is 0.0659. The van der Waals surface area contributed by atoms with Crippen LogP contribution in [0.2, 0.25) is 0 Å². The Morgan fingerprint density at radius 1 is 1.22 bits per heavy atom. The van der Waals surface area contributed by atoms with Gasteiger partial charge < -0.3 is 4.74 Å². The Labute approximate surface area is 52.1 Å². The lowest BCUT2D eigenvalue weighted by Gasteiger charge is -2.15. The molecule has 0 saturated heterocycles. The van der Waals surface area contributed by atoms with Crippen molar-refractivity contribution in [3.63, 3.8) is 0 Å². The minimum atomic E-state index is -0.217. The van der Waals surface area contributed by atoms with Gasteiger partial charge in [0.2, 0.25) is 0 Å². The summed E-state index contributed by atoms with van der Waals surface area (Å²) >= 11 is 0. The highest BCUT2D eigenvalue weighted by molar-refractivity contribution is 6.00. The molecule has 9 heavy (non-hydrogen) atoms. The molecule has 0 spiro atoms. The first kappa shape index (κ1) is 4.56. The van der Waals surface area contributed by atoms with E-state index in [0.717, 1.165) is 0 Å². The lowest BCUT2D eigenvalue weighted by Crippen LogP contribution is -2.19. The summed E-state index contributed by atoms with van der Waals surface area (Å²) in [6.07, 6.45) is 0. The fraction of sp³-hybridized carbons (Fsp3) is 0. The summed E-state index contributed by atoms with van der Waals surface area (Å²) in [5.74, 6) is 0.480. The van der Waals surface area contributed by atoms with Crippen LogP contribution >= 0.6 is 0 Å². The maximum Gasteiger partial charge on any atom is 0.347 e. The van der Waals surface area contributed by atoms with Crippen molar-refractivity contribution in [3.8, 4) is 5.75 Å². The van der Waals surface area contributed by atoms with Crippen LogP contribution in [0.3, 0.4) is 0 Å². The zero-order chi connectivity index (χ0) is 6.27. The van der Waals surface area contributed by atoms with Gasteiger partial charge in [-0.3, -0.25) is 0 Å². The Balaban J connectivity index is 2.63. The largest absolute Gasteiger partial charge is 0.422 e. The van der Waals surface area contributed by atoms with Gasteiger partial charge >= 0.3 is 5.97 Å². The highest BCUT2D eigenvalue weighted by Gasteiger charge is 2.23. The van der Waals surface area contributed by atoms with Gasteiger partial charge in [-0.05, 0) is 12.1 Å². The molecule has 1 aromatic rings. The molecule has 0 bridgehead atoms. The van der Waals surface area contributed by atoms with Crippen LogP contribution in [0.1, 0.15) is 10.4 Å². The van der Waals surface area contributed by atoms with E-state index in [1.807, 2.05) is 12.1 Å². The van der Waals surface area contributed by atoms with Crippen molar-refractivity contribution in [1.82, 2.24) is 0 Å². The molecule has 0 fully saturated rings. The molecule has 0 aliphatic carbocycles. The normalized spacial score (nSPS) is 13.6. The molecule has 1 heterocycles. The zero-order valence-corrected chi connectivity index (χ0v) is 4.63. The summed E-state index contributed by atoms with van der Waals surface area (Å²) < 4.78 is 4.65. The summed E-state index contributed by atoms with van der Waals surface area (Å²) in [6.45, 7) is 0. The van der Waals surface area contributed by atoms with Gasteiger partial charge in [-0.25, -0.2) is 4.79 Å². The van der Waals surface area contributed by atoms with Crippen LogP contribution in [0.4, 0.5) is 0 Å². The molecule has 1 aliphatic rings. The highest BCUT2D eigenvalue weighted by Crippen LogP contribution is 2.27. The number of para-hydroxylation sites is 1. The van der Waals surface area contributed by atoms with Gasteiger partial charge in [-0.1, -0.05) is 12.1 Å². The van der Waals surface area contributed by atoms with E-state index in [9.17, 15) is 4.79 Å². The molecule has 0 atom stereocenters. The molecule has 44 valence electrons. The third-order valence-electron chi connectivity index (χ3n) is 1.31. The number of hydrogen-bond acceptors (Lipinski definition) is 2. The first-order chi connectivity index (χ1) is 4.38. The van der Waals surface area contributed by atoms with Crippen molar-refractivity contribution in [1.29, 1.82) is 0 Å². The highest BCUT2D eigenvalue weighted by atomic mass is 16.6. The molecule has 0 aromatic heterocycles. The monoisotopic (exact) mass is 120 g/mol. The number of hydrogen-bond donors (Lipinski definition) is 0. The van der Waals surface area contributed by atoms with Crippen LogP contribution < -0.4 is 4.74 Å². The fourth-order valence-corrected chi connectivity index (χ4v) is 0.833. The second-order valence-electron chi connectivity index (χ2n) is 1.89. The Morgan fingerprint density at radius 3 is 2.56 bits per heavy atom. The quantitative estimate of drug-likeness (QED) is 0.481. The van der Waals surface area contributed by atoms with Crippen LogP contribution in [0.5, 0.6) is 5.75 Å². The van der Waals surface area contributed by atoms with Crippen LogP contribution in [0, 0.1) is 0 Å². The third kappa shape index (κ3) is 0.470. The SMILES string of the molecule is O=C1Oc2ccccc21. The maximum absolute atomic E-state index is 10.5. The van der Waals surface area contributed by atoms with Crippen LogP contribution in [0.25, 0.3) is 0 Å². The average Bonchev–Trinajstić information content (AvgIpc) is 1.86. The average molecular weight is 120 g/mol. The zero-order valence-electron chi connectivity index (χ0n) is 4.63. The van der Waals surface area contributed by atoms with Crippen molar-refractivity contribution in [2.75, 3.05) is 0 Å². The molecule has 0 unspecified atom stereocenters. The van der Waals surface area contributed by atoms with Crippen molar-refractivity contribution in [3.05, 3.63) is 29.8 Å². The van der Waals surface area contributed by atoms with Crippen LogP contribution in [-0.4, -0.2) is 5.97 Å². The van der Waals surface area contributed by atoms with Crippen LogP contribution in [0.15, 0.2) is 24.3 Å². The lowest BCUT2D eigenvalue weighted by atomic mass is 10.1. The molecule has 0 N–H and O–H groups in total. The number of carbonyl (C=O) groups excluding carboxylic acids is 1. The Morgan fingerprint density at radius 2 is 2.00 bits per heavy atom. The number of ether oxygens (including phenoxy) is 1. The van der Waals surface area contributed by atoms with Crippen molar-refractivity contribution < 1.29 is 9.53 Å². The first-order valence-corrected chi connectivity index (χ1v) is 2.69. The number of carbonyl (C=O) groups is 1. The van der Waals surface area contributed by atoms with Crippen molar-refractivity contribution >= 4 is 5.97 Å². The summed E-state index contributed by atoms with van der Waals surface area (Å²) in [5.41, 5.74) is 0.692. The molecule has 2 heteroatoms. The van der Waals surface area contributed by atoms with Gasteiger partial charge in [-0.15, -0.1) is 0 Å². The van der Waals surface area contributed by atoms with Gasteiger partial charge in [0.25, 0.3) is 0 Å². The van der Waals surface area contributed by atoms with E-state index in [4.69, 9.17) is 0 Å². The summed E-state index contributed by atoms with van der Waals surface area (Å²) in [4.78, 5) is 10.5. The van der Waals surface area contributed by atoms with Crippen molar-refractivity contribution in [2.45, 2.75) is 0 Å². The Hall–Kier alpha value is -1.31. The topological polar surface area (TPSA) is 26.3 Å². The Kier molecular flexibility index (Phi) is 0.681. The van der Waals surface area contributed by atoms with E-state index in [0.29, 0.717) is 11.3 Å². The summed E-state index contributed by atoms with van der Waals surface area (Å²) in [5, 5.41) is 0. The van der Waals surface area contributed by atoms with Gasteiger partial charge in [0, 0.05) is 0 Å². The van der Waals surface area contributed by atoms with E-state index >= 15 is 0 Å². The fourth-order valence-electron chi connectivity index (χ4n) is 0.833. The first-order valence-electron chi connectivity index (χ1n) is 2.69. The second kappa shape index (κ2) is 1.35.